The summed E-state index contributed by atoms with van der Waals surface area (Å²) in [6.07, 6.45) is -0.329. The average Bonchev–Trinajstić information content (AvgIpc) is 3.43. The zero-order valence-electron chi connectivity index (χ0n) is 22.2. The number of ether oxygens (including phenoxy) is 2. The fraction of sp³-hybridized carbons (Fsp3) is 0.286. The van der Waals surface area contributed by atoms with Gasteiger partial charge in [0.15, 0.2) is 17.1 Å². The van der Waals surface area contributed by atoms with Gasteiger partial charge in [-0.25, -0.2) is 4.79 Å². The Hall–Kier alpha value is -3.63. The first-order valence-corrected chi connectivity index (χ1v) is 13.8. The third-order valence-corrected chi connectivity index (χ3v) is 8.03. The molecule has 0 aliphatic carbocycles. The third-order valence-electron chi connectivity index (χ3n) is 5.99. The third kappa shape index (κ3) is 5.92. The molecule has 0 aliphatic rings. The van der Waals surface area contributed by atoms with Crippen LogP contribution in [0.25, 0.3) is 11.1 Å². The summed E-state index contributed by atoms with van der Waals surface area (Å²) in [6.45, 7) is 7.89. The van der Waals surface area contributed by atoms with Crippen LogP contribution >= 0.6 is 23.1 Å². The fourth-order valence-electron chi connectivity index (χ4n) is 4.16. The van der Waals surface area contributed by atoms with E-state index >= 15 is 0 Å². The van der Waals surface area contributed by atoms with Crippen molar-refractivity contribution in [2.75, 3.05) is 18.2 Å². The van der Waals surface area contributed by atoms with Gasteiger partial charge in [0.1, 0.15) is 16.3 Å². The molecule has 2 aromatic heterocycles. The summed E-state index contributed by atoms with van der Waals surface area (Å²) in [4.78, 5) is 26.5. The second kappa shape index (κ2) is 11.8. The molecule has 10 heteroatoms. The molecule has 1 N–H and O–H groups in total. The van der Waals surface area contributed by atoms with E-state index in [1.165, 1.54) is 35.8 Å². The smallest absolute Gasteiger partial charge is 0.341 e. The van der Waals surface area contributed by atoms with E-state index in [0.717, 1.165) is 27.3 Å². The normalized spacial score (nSPS) is 11.7. The van der Waals surface area contributed by atoms with Crippen LogP contribution in [-0.4, -0.2) is 39.5 Å². The van der Waals surface area contributed by atoms with Crippen molar-refractivity contribution in [3.8, 4) is 16.9 Å². The van der Waals surface area contributed by atoms with Crippen molar-refractivity contribution < 1.29 is 19.1 Å². The number of nitrogens with zero attached hydrogens (tertiary/aromatic N) is 3. The first kappa shape index (κ1) is 27.4. The van der Waals surface area contributed by atoms with Gasteiger partial charge in [0.2, 0.25) is 5.91 Å². The molecule has 0 bridgehead atoms. The lowest BCUT2D eigenvalue weighted by Gasteiger charge is -2.16. The molecule has 38 heavy (non-hydrogen) atoms. The van der Waals surface area contributed by atoms with E-state index in [0.29, 0.717) is 21.5 Å². The Morgan fingerprint density at radius 2 is 1.84 bits per heavy atom. The van der Waals surface area contributed by atoms with Gasteiger partial charge in [-0.1, -0.05) is 59.8 Å². The highest BCUT2D eigenvalue weighted by atomic mass is 32.2. The Morgan fingerprint density at radius 1 is 1.11 bits per heavy atom. The van der Waals surface area contributed by atoms with Crippen molar-refractivity contribution >= 4 is 40.0 Å². The first-order valence-electron chi connectivity index (χ1n) is 12.0. The van der Waals surface area contributed by atoms with Gasteiger partial charge < -0.3 is 19.4 Å². The minimum atomic E-state index is -0.494. The van der Waals surface area contributed by atoms with Crippen molar-refractivity contribution in [1.82, 2.24) is 14.8 Å². The number of hydrogen-bond acceptors (Lipinski definition) is 8. The van der Waals surface area contributed by atoms with Gasteiger partial charge in [-0.05, 0) is 44.9 Å². The van der Waals surface area contributed by atoms with E-state index in [9.17, 15) is 9.59 Å². The van der Waals surface area contributed by atoms with Crippen LogP contribution in [-0.2, 0) is 16.6 Å². The zero-order valence-corrected chi connectivity index (χ0v) is 23.8. The molecule has 0 radical (unpaired) electrons. The number of aryl methyl sites for hydroxylation is 3. The summed E-state index contributed by atoms with van der Waals surface area (Å²) in [6, 6.07) is 15.6. The number of rotatable bonds is 9. The minimum absolute atomic E-state index is 0.0938. The summed E-state index contributed by atoms with van der Waals surface area (Å²) in [5.74, 6) is 0.790. The predicted octanol–water partition coefficient (Wildman–Crippen LogP) is 6.13. The maximum atomic E-state index is 12.9. The summed E-state index contributed by atoms with van der Waals surface area (Å²) in [5.41, 5.74) is 4.24. The summed E-state index contributed by atoms with van der Waals surface area (Å²) < 4.78 is 13.0. The summed E-state index contributed by atoms with van der Waals surface area (Å²) in [7, 11) is 3.18. The zero-order chi connectivity index (χ0) is 27.4. The van der Waals surface area contributed by atoms with Gasteiger partial charge in [0.25, 0.3) is 0 Å². The summed E-state index contributed by atoms with van der Waals surface area (Å²) in [5, 5.41) is 12.5. The second-order valence-electron chi connectivity index (χ2n) is 8.86. The molecule has 2 heterocycles. The molecule has 2 aromatic carbocycles. The molecule has 0 spiro atoms. The van der Waals surface area contributed by atoms with Gasteiger partial charge in [0.05, 0.1) is 12.9 Å². The monoisotopic (exact) mass is 550 g/mol. The molecular weight excluding hydrogens is 520 g/mol. The Kier molecular flexibility index (Phi) is 8.53. The van der Waals surface area contributed by atoms with Crippen LogP contribution in [0.3, 0.4) is 0 Å². The molecule has 0 saturated carbocycles. The van der Waals surface area contributed by atoms with Crippen LogP contribution < -0.4 is 10.1 Å². The van der Waals surface area contributed by atoms with E-state index in [2.05, 4.69) is 21.6 Å². The highest BCUT2D eigenvalue weighted by molar-refractivity contribution is 7.99. The van der Waals surface area contributed by atoms with Gasteiger partial charge in [0, 0.05) is 17.5 Å². The largest absolute Gasteiger partial charge is 0.482 e. The van der Waals surface area contributed by atoms with Crippen molar-refractivity contribution in [3.63, 3.8) is 0 Å². The number of anilines is 1. The van der Waals surface area contributed by atoms with E-state index in [1.807, 2.05) is 81.8 Å². The lowest BCUT2D eigenvalue weighted by molar-refractivity contribution is -0.113. The predicted molar refractivity (Wildman–Crippen MR) is 151 cm³/mol. The van der Waals surface area contributed by atoms with Crippen LogP contribution in [0.5, 0.6) is 5.75 Å². The number of methoxy groups -OCH3 is 1. The van der Waals surface area contributed by atoms with E-state index in [1.54, 1.807) is 0 Å². The van der Waals surface area contributed by atoms with Gasteiger partial charge in [-0.15, -0.1) is 21.5 Å². The number of carbonyl (C=O) groups is 2. The molecule has 1 amide bonds. The van der Waals surface area contributed by atoms with E-state index in [-0.39, 0.29) is 17.8 Å². The molecule has 4 aromatic rings. The lowest BCUT2D eigenvalue weighted by atomic mass is 10.0. The molecule has 198 valence electrons. The van der Waals surface area contributed by atoms with Crippen LogP contribution in [0, 0.1) is 20.8 Å². The second-order valence-corrected chi connectivity index (χ2v) is 11.0. The molecule has 8 nitrogen and oxygen atoms in total. The Labute approximate surface area is 230 Å². The number of aromatic nitrogens is 3. The topological polar surface area (TPSA) is 95.3 Å². The minimum Gasteiger partial charge on any atom is -0.482 e. The van der Waals surface area contributed by atoms with Crippen molar-refractivity contribution in [2.24, 2.45) is 7.05 Å². The highest BCUT2D eigenvalue weighted by Crippen LogP contribution is 2.40. The van der Waals surface area contributed by atoms with Crippen molar-refractivity contribution in [1.29, 1.82) is 0 Å². The lowest BCUT2D eigenvalue weighted by Crippen LogP contribution is -2.16. The fourth-order valence-corrected chi connectivity index (χ4v) is 5.95. The maximum Gasteiger partial charge on any atom is 0.341 e. The molecule has 1 atom stereocenters. The standard InChI is InChI=1S/C28H30N4O4S2/c1-16-12-13-21(17(2)14-16)36-18(3)25-30-31-28(32(25)5)37-15-22(33)29-26-24(27(34)35-6)23(19(4)38-26)20-10-8-7-9-11-20/h7-14,18H,15H2,1-6H3,(H,29,33). The van der Waals surface area contributed by atoms with Crippen LogP contribution in [0.2, 0.25) is 0 Å². The SMILES string of the molecule is COC(=O)c1c(NC(=O)CSc2nnc(C(C)Oc3ccc(C)cc3C)n2C)sc(C)c1-c1ccccc1. The van der Waals surface area contributed by atoms with Crippen molar-refractivity contribution in [3.05, 3.63) is 75.9 Å². The molecule has 4 rings (SSSR count). The van der Waals surface area contributed by atoms with Crippen LogP contribution in [0.1, 0.15) is 45.2 Å². The number of esters is 1. The van der Waals surface area contributed by atoms with Gasteiger partial charge in [-0.3, -0.25) is 4.79 Å². The highest BCUT2D eigenvalue weighted by Gasteiger charge is 2.25. The number of hydrogen-bond donors (Lipinski definition) is 1. The number of thioether (sulfide) groups is 1. The molecule has 1 unspecified atom stereocenters. The Morgan fingerprint density at radius 3 is 2.53 bits per heavy atom. The van der Waals surface area contributed by atoms with E-state index in [4.69, 9.17) is 9.47 Å². The maximum absolute atomic E-state index is 12.9. The first-order chi connectivity index (χ1) is 18.2. The van der Waals surface area contributed by atoms with Gasteiger partial charge in [-0.2, -0.15) is 0 Å². The van der Waals surface area contributed by atoms with Crippen LogP contribution in [0.15, 0.2) is 53.7 Å². The Balaban J connectivity index is 1.45. The molecule has 0 aliphatic heterocycles. The summed E-state index contributed by atoms with van der Waals surface area (Å²) >= 11 is 2.61. The number of nitrogens with one attached hydrogen (secondary N) is 1. The number of carbonyl (C=O) groups excluding carboxylic acids is 2. The molecule has 0 saturated heterocycles. The molecule has 0 fully saturated rings. The average molecular weight is 551 g/mol. The van der Waals surface area contributed by atoms with E-state index < -0.39 is 5.97 Å². The number of amides is 1. The van der Waals surface area contributed by atoms with Crippen LogP contribution in [0.4, 0.5) is 5.00 Å². The quantitative estimate of drug-likeness (QED) is 0.198. The Bertz CT molecular complexity index is 1460. The van der Waals surface area contributed by atoms with Crippen molar-refractivity contribution in [2.45, 2.75) is 39.0 Å². The number of thiophene rings is 1. The molecular formula is C28H30N4O4S2. The van der Waals surface area contributed by atoms with Gasteiger partial charge >= 0.3 is 5.97 Å². The number of benzene rings is 2.